The maximum absolute atomic E-state index is 10.1. The molecule has 0 spiro atoms. The largest absolute Gasteiger partial charge is 0.493 e. The van der Waals surface area contributed by atoms with E-state index in [9.17, 15) is 5.11 Å². The SMILES string of the molecule is CC(C)c1cccc(C(C)C)c1N=C(O)C=CC(C)(C)C.[Ni].[c-]1ccccc1.c1ccc([PH+](c2ccccc2)c2ccccc2)cc1. The summed E-state index contributed by atoms with van der Waals surface area (Å²) in [6.07, 6.45) is 3.67. The Labute approximate surface area is 295 Å². The summed E-state index contributed by atoms with van der Waals surface area (Å²) >= 11 is 0. The van der Waals surface area contributed by atoms with Gasteiger partial charge in [0.2, 0.25) is 5.90 Å². The molecule has 47 heavy (non-hydrogen) atoms. The summed E-state index contributed by atoms with van der Waals surface area (Å²) < 4.78 is 0. The van der Waals surface area contributed by atoms with Crippen LogP contribution in [-0.4, -0.2) is 11.0 Å². The van der Waals surface area contributed by atoms with Gasteiger partial charge in [0.15, 0.2) is 0 Å². The number of aliphatic hydroxyl groups excluding tert-OH is 1. The van der Waals surface area contributed by atoms with Crippen molar-refractivity contribution in [3.05, 3.63) is 169 Å². The number of aliphatic hydroxyl groups is 1. The molecule has 0 aliphatic carbocycles. The number of aliphatic imine (C=N–C) groups is 1. The fourth-order valence-corrected chi connectivity index (χ4v) is 7.35. The van der Waals surface area contributed by atoms with E-state index in [-0.39, 0.29) is 27.8 Å². The maximum Gasteiger partial charge on any atom is 0.210 e. The van der Waals surface area contributed by atoms with Gasteiger partial charge < -0.3 is 5.11 Å². The normalized spacial score (nSPS) is 11.4. The predicted octanol–water partition coefficient (Wildman–Crippen LogP) is 10.8. The van der Waals surface area contributed by atoms with E-state index in [2.05, 4.69) is 169 Å². The first-order valence-electron chi connectivity index (χ1n) is 16.1. The van der Waals surface area contributed by atoms with E-state index in [0.29, 0.717) is 11.8 Å². The molecule has 0 saturated carbocycles. The van der Waals surface area contributed by atoms with Crippen LogP contribution in [-0.2, 0) is 16.5 Å². The molecule has 4 heteroatoms. The number of benzene rings is 5. The average Bonchev–Trinajstić information content (AvgIpc) is 3.06. The zero-order chi connectivity index (χ0) is 33.4. The second-order valence-corrected chi connectivity index (χ2v) is 15.3. The minimum absolute atomic E-state index is 0. The minimum Gasteiger partial charge on any atom is -0.493 e. The van der Waals surface area contributed by atoms with Crippen LogP contribution in [0.15, 0.2) is 157 Å². The molecule has 0 unspecified atom stereocenters. The van der Waals surface area contributed by atoms with E-state index in [1.54, 1.807) is 6.08 Å². The van der Waals surface area contributed by atoms with Crippen LogP contribution >= 0.6 is 7.92 Å². The molecule has 0 heterocycles. The van der Waals surface area contributed by atoms with Crippen molar-refractivity contribution in [2.45, 2.75) is 60.3 Å². The Hall–Kier alpha value is -3.77. The van der Waals surface area contributed by atoms with Gasteiger partial charge >= 0.3 is 0 Å². The minimum atomic E-state index is -0.877. The van der Waals surface area contributed by atoms with E-state index < -0.39 is 7.92 Å². The van der Waals surface area contributed by atoms with Gasteiger partial charge in [-0.3, -0.25) is 0 Å². The smallest absolute Gasteiger partial charge is 0.210 e. The van der Waals surface area contributed by atoms with Gasteiger partial charge in [0.05, 0.1) is 13.6 Å². The average molecular weight is 687 g/mol. The molecule has 0 atom stereocenters. The van der Waals surface area contributed by atoms with Gasteiger partial charge in [-0.1, -0.05) is 127 Å². The molecule has 0 bridgehead atoms. The van der Waals surface area contributed by atoms with Crippen molar-refractivity contribution in [3.8, 4) is 0 Å². The second-order valence-electron chi connectivity index (χ2n) is 12.8. The zero-order valence-corrected chi connectivity index (χ0v) is 30.8. The fourth-order valence-electron chi connectivity index (χ4n) is 4.77. The maximum atomic E-state index is 10.1. The van der Waals surface area contributed by atoms with E-state index in [1.807, 2.05) is 36.4 Å². The molecule has 5 aromatic carbocycles. The molecule has 1 N–H and O–H groups in total. The molecule has 0 radical (unpaired) electrons. The summed E-state index contributed by atoms with van der Waals surface area (Å²) in [6, 6.07) is 51.3. The monoisotopic (exact) mass is 685 g/mol. The van der Waals surface area contributed by atoms with Crippen molar-refractivity contribution in [2.75, 3.05) is 0 Å². The van der Waals surface area contributed by atoms with Crippen LogP contribution in [0.5, 0.6) is 0 Å². The standard InChI is InChI=1S/C19H29NO.C18H15P.C6H5.Ni/c1-13(2)15-9-8-10-16(14(3)4)18(15)20-17(21)11-12-19(5,6)7;1-4-10-16(11-5-1)19(17-12-6-2-7-13-17)18-14-8-3-9-15-18;1-2-4-6-5-3-1;/h8-14H,1-7H3,(H,20,21);1-15H;1-5H;/q;;-1;/p+1. The van der Waals surface area contributed by atoms with Crippen LogP contribution in [0.2, 0.25) is 0 Å². The van der Waals surface area contributed by atoms with Gasteiger partial charge in [-0.05, 0) is 70.9 Å². The van der Waals surface area contributed by atoms with Crippen LogP contribution in [0.25, 0.3) is 0 Å². The van der Waals surface area contributed by atoms with Crippen molar-refractivity contribution in [3.63, 3.8) is 0 Å². The first-order valence-corrected chi connectivity index (χ1v) is 17.6. The molecule has 0 aromatic heterocycles. The Morgan fingerprint density at radius 2 is 1.00 bits per heavy atom. The van der Waals surface area contributed by atoms with E-state index in [1.165, 1.54) is 27.0 Å². The third-order valence-corrected chi connectivity index (χ3v) is 9.83. The molecule has 5 rings (SSSR count). The third-order valence-electron chi connectivity index (χ3n) is 7.10. The fraction of sp³-hybridized carbons (Fsp3) is 0.233. The van der Waals surface area contributed by atoms with E-state index in [4.69, 9.17) is 0 Å². The molecule has 0 fully saturated rings. The Bertz CT molecular complexity index is 1460. The summed E-state index contributed by atoms with van der Waals surface area (Å²) in [4.78, 5) is 4.49. The molecule has 248 valence electrons. The molecular weight excluding hydrogens is 636 g/mol. The van der Waals surface area contributed by atoms with Crippen LogP contribution < -0.4 is 15.9 Å². The van der Waals surface area contributed by atoms with Crippen LogP contribution in [0.4, 0.5) is 5.69 Å². The van der Waals surface area contributed by atoms with Crippen molar-refractivity contribution >= 4 is 35.4 Å². The quantitative estimate of drug-likeness (QED) is 0.0597. The number of hydrogen-bond acceptors (Lipinski definition) is 1. The predicted molar refractivity (Wildman–Crippen MR) is 205 cm³/mol. The van der Waals surface area contributed by atoms with Gasteiger partial charge in [0, 0.05) is 16.5 Å². The first-order chi connectivity index (χ1) is 22.1. The number of nitrogens with zero attached hydrogens (tertiary/aromatic N) is 1. The number of allylic oxidation sites excluding steroid dienone is 1. The second kappa shape index (κ2) is 20.5. The van der Waals surface area contributed by atoms with Crippen LogP contribution in [0.1, 0.15) is 71.4 Å². The molecular formula is C43H50NNiOP. The Morgan fingerprint density at radius 3 is 1.30 bits per heavy atom. The summed E-state index contributed by atoms with van der Waals surface area (Å²) in [6.45, 7) is 14.9. The molecule has 0 amide bonds. The molecule has 0 aliphatic rings. The van der Waals surface area contributed by atoms with Crippen LogP contribution in [0.3, 0.4) is 0 Å². The van der Waals surface area contributed by atoms with Gasteiger partial charge in [-0.15, -0.1) is 0 Å². The molecule has 2 nitrogen and oxygen atoms in total. The summed E-state index contributed by atoms with van der Waals surface area (Å²) in [5.74, 6) is 0.823. The number of rotatable bonds is 7. The van der Waals surface area contributed by atoms with Gasteiger partial charge in [-0.25, -0.2) is 4.99 Å². The van der Waals surface area contributed by atoms with E-state index >= 15 is 0 Å². The number of para-hydroxylation sites is 1. The Balaban J connectivity index is 0.000000273. The van der Waals surface area contributed by atoms with Crippen molar-refractivity contribution in [1.29, 1.82) is 0 Å². The summed E-state index contributed by atoms with van der Waals surface area (Å²) in [5.41, 5.74) is 3.30. The zero-order valence-electron chi connectivity index (χ0n) is 28.8. The third kappa shape index (κ3) is 13.9. The number of hydrogen-bond donors (Lipinski definition) is 1. The molecule has 0 aliphatic heterocycles. The van der Waals surface area contributed by atoms with Gasteiger partial charge in [0.25, 0.3) is 0 Å². The summed E-state index contributed by atoms with van der Waals surface area (Å²) in [5, 5.41) is 14.4. The molecule has 0 saturated heterocycles. The van der Waals surface area contributed by atoms with Crippen molar-refractivity contribution < 1.29 is 21.6 Å². The summed E-state index contributed by atoms with van der Waals surface area (Å²) in [7, 11) is -0.877. The Kier molecular flexibility index (Phi) is 17.2. The van der Waals surface area contributed by atoms with Gasteiger partial charge in [0.1, 0.15) is 15.9 Å². The van der Waals surface area contributed by atoms with Crippen LogP contribution in [0, 0.1) is 11.5 Å². The molecule has 5 aromatic rings. The first kappa shape index (κ1) is 39.4. The Morgan fingerprint density at radius 1 is 0.617 bits per heavy atom. The topological polar surface area (TPSA) is 32.6 Å². The van der Waals surface area contributed by atoms with E-state index in [0.717, 1.165) is 5.69 Å². The van der Waals surface area contributed by atoms with Crippen molar-refractivity contribution in [1.82, 2.24) is 0 Å². The van der Waals surface area contributed by atoms with Crippen molar-refractivity contribution in [2.24, 2.45) is 10.4 Å². The van der Waals surface area contributed by atoms with Gasteiger partial charge in [-0.2, -0.15) is 36.4 Å².